The second-order valence-corrected chi connectivity index (χ2v) is 6.33. The minimum absolute atomic E-state index is 0.153. The first kappa shape index (κ1) is 14.4. The van der Waals surface area contributed by atoms with Gasteiger partial charge in [0.05, 0.1) is 0 Å². The normalized spacial score (nSPS) is 15.0. The number of hydrogen-bond acceptors (Lipinski definition) is 2. The van der Waals surface area contributed by atoms with E-state index in [0.29, 0.717) is 0 Å². The van der Waals surface area contributed by atoms with Crippen LogP contribution in [0.2, 0.25) is 0 Å². The largest absolute Gasteiger partial charge is 0.344 e. The number of halogens is 1. The van der Waals surface area contributed by atoms with Crippen LogP contribution in [0.15, 0.2) is 42.7 Å². The topological polar surface area (TPSA) is 21.1 Å². The van der Waals surface area contributed by atoms with E-state index >= 15 is 0 Å². The van der Waals surface area contributed by atoms with Crippen LogP contribution < -0.4 is 0 Å². The SMILES string of the molecule is CN1CCc2c(c3cc(F)ccc3n2CCc2ccncc2)C1. The average Bonchev–Trinajstić information content (AvgIpc) is 2.86. The van der Waals surface area contributed by atoms with Crippen LogP contribution in [0.1, 0.15) is 16.8 Å². The number of rotatable bonds is 3. The van der Waals surface area contributed by atoms with Gasteiger partial charge < -0.3 is 9.47 Å². The molecule has 0 saturated heterocycles. The Hall–Kier alpha value is -2.20. The van der Waals surface area contributed by atoms with Crippen molar-refractivity contribution >= 4 is 10.9 Å². The molecule has 0 radical (unpaired) electrons. The van der Waals surface area contributed by atoms with Gasteiger partial charge in [0.15, 0.2) is 0 Å². The zero-order valence-corrected chi connectivity index (χ0v) is 13.3. The third-order valence-electron chi connectivity index (χ3n) is 4.78. The fraction of sp³-hybridized carbons (Fsp3) is 0.316. The number of aryl methyl sites for hydroxylation is 2. The molecule has 0 fully saturated rings. The molecule has 0 amide bonds. The highest BCUT2D eigenvalue weighted by Gasteiger charge is 2.22. The van der Waals surface area contributed by atoms with Gasteiger partial charge in [0.2, 0.25) is 0 Å². The summed E-state index contributed by atoms with van der Waals surface area (Å²) in [5.41, 5.74) is 5.10. The van der Waals surface area contributed by atoms with Crippen molar-refractivity contribution < 1.29 is 4.39 Å². The quantitative estimate of drug-likeness (QED) is 0.739. The van der Waals surface area contributed by atoms with Crippen molar-refractivity contribution in [2.24, 2.45) is 0 Å². The van der Waals surface area contributed by atoms with Crippen molar-refractivity contribution in [1.29, 1.82) is 0 Å². The van der Waals surface area contributed by atoms with Crippen molar-refractivity contribution in [2.75, 3.05) is 13.6 Å². The fourth-order valence-corrected chi connectivity index (χ4v) is 3.60. The van der Waals surface area contributed by atoms with Crippen LogP contribution >= 0.6 is 0 Å². The van der Waals surface area contributed by atoms with Gasteiger partial charge in [0.1, 0.15) is 5.82 Å². The van der Waals surface area contributed by atoms with Crippen LogP contribution in [0.25, 0.3) is 10.9 Å². The number of hydrogen-bond donors (Lipinski definition) is 0. The van der Waals surface area contributed by atoms with E-state index in [1.807, 2.05) is 18.5 Å². The summed E-state index contributed by atoms with van der Waals surface area (Å²) in [4.78, 5) is 6.38. The Morgan fingerprint density at radius 3 is 2.83 bits per heavy atom. The standard InChI is InChI=1S/C19H20FN3/c1-22-10-7-19-17(13-22)16-12-15(20)2-3-18(16)23(19)11-6-14-4-8-21-9-5-14/h2-5,8-9,12H,6-7,10-11,13H2,1H3. The Morgan fingerprint density at radius 2 is 2.00 bits per heavy atom. The number of benzene rings is 1. The molecule has 4 heteroatoms. The van der Waals surface area contributed by atoms with E-state index in [-0.39, 0.29) is 5.82 Å². The number of nitrogens with zero attached hydrogens (tertiary/aromatic N) is 3. The van der Waals surface area contributed by atoms with Gasteiger partial charge in [-0.15, -0.1) is 0 Å². The van der Waals surface area contributed by atoms with Gasteiger partial charge in [-0.05, 0) is 54.9 Å². The van der Waals surface area contributed by atoms with Crippen molar-refractivity contribution in [3.05, 3.63) is 65.4 Å². The van der Waals surface area contributed by atoms with Crippen LogP contribution in [-0.2, 0) is 25.9 Å². The average molecular weight is 309 g/mol. The predicted octanol–water partition coefficient (Wildman–Crippen LogP) is 3.41. The molecule has 0 unspecified atom stereocenters. The van der Waals surface area contributed by atoms with E-state index in [1.165, 1.54) is 16.8 Å². The molecule has 3 aromatic rings. The maximum Gasteiger partial charge on any atom is 0.123 e. The van der Waals surface area contributed by atoms with Gasteiger partial charge in [0.25, 0.3) is 0 Å². The highest BCUT2D eigenvalue weighted by Crippen LogP contribution is 2.31. The molecule has 0 aliphatic carbocycles. The summed E-state index contributed by atoms with van der Waals surface area (Å²) in [6.45, 7) is 2.88. The molecule has 1 aliphatic heterocycles. The number of aromatic nitrogens is 2. The lowest BCUT2D eigenvalue weighted by Crippen LogP contribution is -2.27. The minimum atomic E-state index is -0.153. The molecule has 3 heterocycles. The van der Waals surface area contributed by atoms with Crippen LogP contribution in [0.4, 0.5) is 4.39 Å². The van der Waals surface area contributed by atoms with Crippen LogP contribution in [0, 0.1) is 5.82 Å². The van der Waals surface area contributed by atoms with Crippen molar-refractivity contribution in [3.63, 3.8) is 0 Å². The zero-order chi connectivity index (χ0) is 15.8. The first-order valence-corrected chi connectivity index (χ1v) is 8.09. The highest BCUT2D eigenvalue weighted by molar-refractivity contribution is 5.86. The maximum absolute atomic E-state index is 13.7. The summed E-state index contributed by atoms with van der Waals surface area (Å²) < 4.78 is 16.1. The summed E-state index contributed by atoms with van der Waals surface area (Å²) in [6, 6.07) is 9.31. The maximum atomic E-state index is 13.7. The molecule has 3 nitrogen and oxygen atoms in total. The summed E-state index contributed by atoms with van der Waals surface area (Å²) in [5.74, 6) is -0.153. The number of likely N-dealkylation sites (N-methyl/N-ethyl adjacent to an activating group) is 1. The molecule has 0 N–H and O–H groups in total. The molecule has 1 aliphatic rings. The molecule has 118 valence electrons. The second kappa shape index (κ2) is 5.78. The van der Waals surface area contributed by atoms with Crippen LogP contribution in [0.5, 0.6) is 0 Å². The van der Waals surface area contributed by atoms with Gasteiger partial charge >= 0.3 is 0 Å². The van der Waals surface area contributed by atoms with E-state index in [4.69, 9.17) is 0 Å². The Bertz CT molecular complexity index is 839. The smallest absolute Gasteiger partial charge is 0.123 e. The fourth-order valence-electron chi connectivity index (χ4n) is 3.60. The van der Waals surface area contributed by atoms with Gasteiger partial charge in [-0.25, -0.2) is 4.39 Å². The van der Waals surface area contributed by atoms with Crippen molar-refractivity contribution in [1.82, 2.24) is 14.5 Å². The summed E-state index contributed by atoms with van der Waals surface area (Å²) in [5, 5.41) is 1.07. The molecule has 2 aromatic heterocycles. The van der Waals surface area contributed by atoms with Gasteiger partial charge in [-0.2, -0.15) is 0 Å². The first-order chi connectivity index (χ1) is 11.2. The predicted molar refractivity (Wildman–Crippen MR) is 89.9 cm³/mol. The Balaban J connectivity index is 1.76. The Morgan fingerprint density at radius 1 is 1.17 bits per heavy atom. The molecule has 0 bridgehead atoms. The molecule has 1 aromatic carbocycles. The van der Waals surface area contributed by atoms with E-state index in [2.05, 4.69) is 33.6 Å². The third kappa shape index (κ3) is 2.63. The molecule has 0 spiro atoms. The molecular weight excluding hydrogens is 289 g/mol. The first-order valence-electron chi connectivity index (χ1n) is 8.09. The van der Waals surface area contributed by atoms with Crippen molar-refractivity contribution in [2.45, 2.75) is 25.9 Å². The van der Waals surface area contributed by atoms with Crippen molar-refractivity contribution in [3.8, 4) is 0 Å². The summed E-state index contributed by atoms with van der Waals surface area (Å²) in [6.07, 6.45) is 5.66. The summed E-state index contributed by atoms with van der Waals surface area (Å²) >= 11 is 0. The zero-order valence-electron chi connectivity index (χ0n) is 13.3. The van der Waals surface area contributed by atoms with Gasteiger partial charge in [-0.1, -0.05) is 0 Å². The Labute approximate surface area is 135 Å². The van der Waals surface area contributed by atoms with Gasteiger partial charge in [0, 0.05) is 55.0 Å². The van der Waals surface area contributed by atoms with Crippen LogP contribution in [0.3, 0.4) is 0 Å². The van der Waals surface area contributed by atoms with E-state index in [1.54, 1.807) is 12.1 Å². The highest BCUT2D eigenvalue weighted by atomic mass is 19.1. The monoisotopic (exact) mass is 309 g/mol. The molecule has 4 rings (SSSR count). The van der Waals surface area contributed by atoms with E-state index < -0.39 is 0 Å². The van der Waals surface area contributed by atoms with Gasteiger partial charge in [-0.3, -0.25) is 4.98 Å². The van der Waals surface area contributed by atoms with E-state index in [9.17, 15) is 4.39 Å². The lowest BCUT2D eigenvalue weighted by molar-refractivity contribution is 0.309. The number of pyridine rings is 1. The third-order valence-corrected chi connectivity index (χ3v) is 4.78. The second-order valence-electron chi connectivity index (χ2n) is 6.33. The molecular formula is C19H20FN3. The lowest BCUT2D eigenvalue weighted by Gasteiger charge is -2.24. The van der Waals surface area contributed by atoms with Crippen LogP contribution in [-0.4, -0.2) is 28.0 Å². The Kier molecular flexibility index (Phi) is 3.62. The number of fused-ring (bicyclic) bond motifs is 3. The molecule has 0 atom stereocenters. The molecule has 23 heavy (non-hydrogen) atoms. The minimum Gasteiger partial charge on any atom is -0.344 e. The summed E-state index contributed by atoms with van der Waals surface area (Å²) in [7, 11) is 2.13. The molecule has 0 saturated carbocycles. The van der Waals surface area contributed by atoms with E-state index in [0.717, 1.165) is 43.4 Å². The lowest BCUT2D eigenvalue weighted by atomic mass is 10.0.